The SMILES string of the molecule is Clc1ccc(-c2cc(CN=C3CCNN3)c(Cl)cc2Cl)cc1. The number of hydrazine groups is 1. The first-order valence-electron chi connectivity index (χ1n) is 6.89. The molecule has 0 bridgehead atoms. The summed E-state index contributed by atoms with van der Waals surface area (Å²) < 4.78 is 0. The molecule has 0 saturated carbocycles. The van der Waals surface area contributed by atoms with E-state index in [2.05, 4.69) is 15.8 Å². The number of aliphatic imine (C=N–C) groups is 1. The molecule has 0 spiro atoms. The van der Waals surface area contributed by atoms with Crippen LogP contribution in [0.25, 0.3) is 11.1 Å². The molecule has 0 radical (unpaired) electrons. The zero-order valence-electron chi connectivity index (χ0n) is 11.7. The number of hydrogen-bond donors (Lipinski definition) is 2. The summed E-state index contributed by atoms with van der Waals surface area (Å²) in [6, 6.07) is 11.3. The van der Waals surface area contributed by atoms with Crippen molar-refractivity contribution in [2.45, 2.75) is 13.0 Å². The zero-order chi connectivity index (χ0) is 15.5. The highest BCUT2D eigenvalue weighted by Crippen LogP contribution is 2.33. The lowest BCUT2D eigenvalue weighted by atomic mass is 10.0. The topological polar surface area (TPSA) is 36.4 Å². The van der Waals surface area contributed by atoms with Gasteiger partial charge in [-0.05, 0) is 35.4 Å². The quantitative estimate of drug-likeness (QED) is 0.837. The van der Waals surface area contributed by atoms with Gasteiger partial charge in [-0.25, -0.2) is 5.43 Å². The van der Waals surface area contributed by atoms with Crippen molar-refractivity contribution in [3.05, 3.63) is 57.0 Å². The number of nitrogens with zero attached hydrogens (tertiary/aromatic N) is 1. The van der Waals surface area contributed by atoms with Crippen molar-refractivity contribution in [2.75, 3.05) is 6.54 Å². The van der Waals surface area contributed by atoms with E-state index in [1.807, 2.05) is 30.3 Å². The Balaban J connectivity index is 1.92. The molecule has 1 fully saturated rings. The van der Waals surface area contributed by atoms with Crippen LogP contribution in [-0.2, 0) is 6.54 Å². The van der Waals surface area contributed by atoms with Crippen LogP contribution in [-0.4, -0.2) is 12.4 Å². The van der Waals surface area contributed by atoms with Crippen molar-refractivity contribution in [1.82, 2.24) is 10.9 Å². The van der Waals surface area contributed by atoms with Crippen molar-refractivity contribution >= 4 is 40.6 Å². The molecule has 0 amide bonds. The van der Waals surface area contributed by atoms with Gasteiger partial charge in [0.25, 0.3) is 0 Å². The normalized spacial score (nSPS) is 16.0. The number of benzene rings is 2. The number of hydrogen-bond acceptors (Lipinski definition) is 2. The smallest absolute Gasteiger partial charge is 0.112 e. The Labute approximate surface area is 144 Å². The molecule has 0 aromatic heterocycles. The second-order valence-electron chi connectivity index (χ2n) is 5.00. The Morgan fingerprint density at radius 3 is 2.45 bits per heavy atom. The fraction of sp³-hybridized carbons (Fsp3) is 0.188. The average molecular weight is 355 g/mol. The van der Waals surface area contributed by atoms with Crippen molar-refractivity contribution in [3.8, 4) is 11.1 Å². The van der Waals surface area contributed by atoms with Gasteiger partial charge in [-0.3, -0.25) is 4.99 Å². The Hall–Kier alpha value is -1.26. The lowest BCUT2D eigenvalue weighted by molar-refractivity contribution is 0.741. The van der Waals surface area contributed by atoms with E-state index in [1.54, 1.807) is 6.07 Å². The first-order valence-corrected chi connectivity index (χ1v) is 8.03. The second kappa shape index (κ2) is 6.88. The molecule has 22 heavy (non-hydrogen) atoms. The highest BCUT2D eigenvalue weighted by molar-refractivity contribution is 6.37. The maximum absolute atomic E-state index is 6.33. The van der Waals surface area contributed by atoms with Gasteiger partial charge in [0.1, 0.15) is 5.84 Å². The van der Waals surface area contributed by atoms with Crippen LogP contribution >= 0.6 is 34.8 Å². The van der Waals surface area contributed by atoms with Gasteiger partial charge in [-0.15, -0.1) is 0 Å². The van der Waals surface area contributed by atoms with Gasteiger partial charge in [-0.1, -0.05) is 46.9 Å². The number of nitrogens with one attached hydrogen (secondary N) is 2. The van der Waals surface area contributed by atoms with Gasteiger partial charge in [0.05, 0.1) is 6.54 Å². The molecule has 114 valence electrons. The van der Waals surface area contributed by atoms with E-state index in [9.17, 15) is 0 Å². The molecule has 1 aliphatic heterocycles. The fourth-order valence-corrected chi connectivity index (χ4v) is 2.95. The standard InChI is InChI=1S/C16H14Cl3N3/c17-12-3-1-10(2-4-12)13-7-11(14(18)8-15(13)19)9-20-16-5-6-21-22-16/h1-4,7-8,21H,5-6,9H2,(H,20,22). The van der Waals surface area contributed by atoms with Gasteiger partial charge in [0.15, 0.2) is 0 Å². The molecule has 6 heteroatoms. The molecule has 2 N–H and O–H groups in total. The molecular formula is C16H14Cl3N3. The summed E-state index contributed by atoms with van der Waals surface area (Å²) in [4.78, 5) is 4.53. The van der Waals surface area contributed by atoms with Gasteiger partial charge in [0.2, 0.25) is 0 Å². The molecule has 1 aliphatic rings. The maximum Gasteiger partial charge on any atom is 0.112 e. The summed E-state index contributed by atoms with van der Waals surface area (Å²) in [6.07, 6.45) is 0.898. The first kappa shape index (κ1) is 15.6. The monoisotopic (exact) mass is 353 g/mol. The molecule has 0 aliphatic carbocycles. The molecule has 1 saturated heterocycles. The summed E-state index contributed by atoms with van der Waals surface area (Å²) >= 11 is 18.5. The average Bonchev–Trinajstić information content (AvgIpc) is 3.01. The zero-order valence-corrected chi connectivity index (χ0v) is 13.9. The number of amidine groups is 1. The molecule has 1 heterocycles. The third-order valence-corrected chi connectivity index (χ3v) is 4.37. The minimum absolute atomic E-state index is 0.514. The van der Waals surface area contributed by atoms with Crippen molar-refractivity contribution < 1.29 is 0 Å². The van der Waals surface area contributed by atoms with Crippen LogP contribution in [0.4, 0.5) is 0 Å². The molecular weight excluding hydrogens is 341 g/mol. The van der Waals surface area contributed by atoms with Crippen LogP contribution in [0, 0.1) is 0 Å². The predicted molar refractivity (Wildman–Crippen MR) is 93.8 cm³/mol. The predicted octanol–water partition coefficient (Wildman–Crippen LogP) is 4.71. The minimum atomic E-state index is 0.514. The minimum Gasteiger partial charge on any atom is -0.310 e. The Kier molecular flexibility index (Phi) is 4.89. The van der Waals surface area contributed by atoms with E-state index in [0.717, 1.165) is 35.5 Å². The molecule has 2 aromatic rings. The second-order valence-corrected chi connectivity index (χ2v) is 6.25. The van der Waals surface area contributed by atoms with E-state index in [1.165, 1.54) is 0 Å². The number of halogens is 3. The van der Waals surface area contributed by atoms with E-state index < -0.39 is 0 Å². The highest BCUT2D eigenvalue weighted by Gasteiger charge is 2.11. The van der Waals surface area contributed by atoms with E-state index in [0.29, 0.717) is 21.6 Å². The highest BCUT2D eigenvalue weighted by atomic mass is 35.5. The van der Waals surface area contributed by atoms with Crippen molar-refractivity contribution in [2.24, 2.45) is 4.99 Å². The molecule has 3 nitrogen and oxygen atoms in total. The van der Waals surface area contributed by atoms with Gasteiger partial charge in [-0.2, -0.15) is 0 Å². The molecule has 2 aromatic carbocycles. The molecule has 0 unspecified atom stereocenters. The summed E-state index contributed by atoms with van der Waals surface area (Å²) in [7, 11) is 0. The van der Waals surface area contributed by atoms with Crippen LogP contribution in [0.1, 0.15) is 12.0 Å². The van der Waals surface area contributed by atoms with Crippen LogP contribution in [0.2, 0.25) is 15.1 Å². The lowest BCUT2D eigenvalue weighted by Crippen LogP contribution is -2.26. The molecule has 0 atom stereocenters. The summed E-state index contributed by atoms with van der Waals surface area (Å²) in [5, 5.41) is 1.93. The first-order chi connectivity index (χ1) is 10.6. The largest absolute Gasteiger partial charge is 0.310 e. The third-order valence-electron chi connectivity index (χ3n) is 3.45. The lowest BCUT2D eigenvalue weighted by Gasteiger charge is -2.10. The molecule has 3 rings (SSSR count). The summed E-state index contributed by atoms with van der Waals surface area (Å²) in [5.74, 6) is 0.944. The Bertz CT molecular complexity index is 703. The number of rotatable bonds is 3. The van der Waals surface area contributed by atoms with E-state index in [-0.39, 0.29) is 0 Å². The maximum atomic E-state index is 6.33. The van der Waals surface area contributed by atoms with Gasteiger partial charge in [0, 0.05) is 33.6 Å². The van der Waals surface area contributed by atoms with Gasteiger partial charge >= 0.3 is 0 Å². The van der Waals surface area contributed by atoms with Crippen molar-refractivity contribution in [1.29, 1.82) is 0 Å². The Morgan fingerprint density at radius 1 is 1.00 bits per heavy atom. The van der Waals surface area contributed by atoms with E-state index in [4.69, 9.17) is 34.8 Å². The van der Waals surface area contributed by atoms with Crippen molar-refractivity contribution in [3.63, 3.8) is 0 Å². The Morgan fingerprint density at radius 2 is 1.77 bits per heavy atom. The van der Waals surface area contributed by atoms with Crippen LogP contribution in [0.5, 0.6) is 0 Å². The van der Waals surface area contributed by atoms with Gasteiger partial charge < -0.3 is 5.43 Å². The summed E-state index contributed by atoms with van der Waals surface area (Å²) in [5.41, 5.74) is 8.92. The third kappa shape index (κ3) is 3.55. The van der Waals surface area contributed by atoms with E-state index >= 15 is 0 Å². The van der Waals surface area contributed by atoms with Crippen LogP contribution < -0.4 is 10.9 Å². The van der Waals surface area contributed by atoms with Crippen LogP contribution in [0.3, 0.4) is 0 Å². The summed E-state index contributed by atoms with van der Waals surface area (Å²) in [6.45, 7) is 1.41. The fourth-order valence-electron chi connectivity index (χ4n) is 2.27. The van der Waals surface area contributed by atoms with Crippen LogP contribution in [0.15, 0.2) is 41.4 Å².